The Morgan fingerprint density at radius 2 is 1.25 bits per heavy atom. The number of nitrogens with one attached hydrogen (secondary N) is 2. The molecule has 321 valence electrons. The molecule has 0 unspecified atom stereocenters. The fourth-order valence-electron chi connectivity index (χ4n) is 7.99. The average molecular weight is 1110 g/mol. The number of amides is 1. The van der Waals surface area contributed by atoms with E-state index < -0.39 is 92.2 Å². The summed E-state index contributed by atoms with van der Waals surface area (Å²) in [4.78, 5) is 11.8. The van der Waals surface area contributed by atoms with Crippen molar-refractivity contribution in [1.82, 2.24) is 10.6 Å². The van der Waals surface area contributed by atoms with Gasteiger partial charge in [-0.05, 0) is 98.5 Å². The summed E-state index contributed by atoms with van der Waals surface area (Å²) in [5.74, 6) is -3.37. The number of halogens is 7. The van der Waals surface area contributed by atoms with Gasteiger partial charge >= 0.3 is 44.3 Å². The summed E-state index contributed by atoms with van der Waals surface area (Å²) < 4.78 is 145. The van der Waals surface area contributed by atoms with Gasteiger partial charge in [0, 0.05) is 60.4 Å². The molecule has 2 saturated heterocycles. The Labute approximate surface area is 387 Å². The summed E-state index contributed by atoms with van der Waals surface area (Å²) in [6.45, 7) is 0.926. The van der Waals surface area contributed by atoms with E-state index in [0.717, 1.165) is 43.1 Å². The molecule has 8 rings (SSSR count). The Balaban J connectivity index is 0.000000223. The summed E-state index contributed by atoms with van der Waals surface area (Å²) in [5, 5.41) is 7.02. The van der Waals surface area contributed by atoms with E-state index in [2.05, 4.69) is 10.6 Å². The molecule has 3 N–H and O–H groups in total. The maximum absolute atomic E-state index is 14.8. The van der Waals surface area contributed by atoms with E-state index in [-0.39, 0.29) is 77.2 Å². The van der Waals surface area contributed by atoms with Crippen molar-refractivity contribution >= 4 is 68.5 Å². The van der Waals surface area contributed by atoms with Crippen molar-refractivity contribution in [2.45, 2.75) is 59.2 Å². The molecule has 1 amide bonds. The van der Waals surface area contributed by atoms with E-state index in [0.29, 0.717) is 28.6 Å². The minimum atomic E-state index is -5.69. The van der Waals surface area contributed by atoms with Crippen LogP contribution in [0, 0.1) is 23.3 Å². The molecule has 4 aromatic carbocycles. The van der Waals surface area contributed by atoms with Gasteiger partial charge in [0.1, 0.15) is 29.6 Å². The van der Waals surface area contributed by atoms with Crippen LogP contribution in [0.4, 0.5) is 17.6 Å². The van der Waals surface area contributed by atoms with Crippen molar-refractivity contribution < 1.29 is 98.3 Å². The van der Waals surface area contributed by atoms with E-state index in [1.807, 2.05) is 24.3 Å². The van der Waals surface area contributed by atoms with E-state index in [9.17, 15) is 30.8 Å². The first-order valence-electron chi connectivity index (χ1n) is 17.3. The molecule has 0 aliphatic carbocycles. The van der Waals surface area contributed by atoms with Crippen molar-refractivity contribution in [3.63, 3.8) is 0 Å². The molecule has 4 heterocycles. The van der Waals surface area contributed by atoms with E-state index >= 15 is 0 Å². The Morgan fingerprint density at radius 3 is 1.80 bits per heavy atom. The van der Waals surface area contributed by atoms with Gasteiger partial charge < -0.3 is 20.1 Å². The van der Waals surface area contributed by atoms with Gasteiger partial charge in [-0.3, -0.25) is 15.1 Å². The van der Waals surface area contributed by atoms with Crippen LogP contribution in [0.15, 0.2) is 77.7 Å². The molecule has 4 aromatic rings. The van der Waals surface area contributed by atoms with Gasteiger partial charge in [0.15, 0.2) is 33.0 Å². The first-order valence-corrected chi connectivity index (χ1v) is 24.6. The number of ether oxygens (including phenoxy) is 2. The summed E-state index contributed by atoms with van der Waals surface area (Å²) in [7, 11) is -4.24. The second-order valence-electron chi connectivity index (χ2n) is 13.6. The molecule has 0 aromatic heterocycles. The van der Waals surface area contributed by atoms with E-state index in [1.54, 1.807) is 0 Å². The predicted octanol–water partition coefficient (Wildman–Crippen LogP) is -0.539. The van der Waals surface area contributed by atoms with Gasteiger partial charge in [0.05, 0.1) is 22.5 Å². The summed E-state index contributed by atoms with van der Waals surface area (Å²) in [5.41, 5.74) is 0.547. The number of hydrogen-bond acceptors (Lipinski definition) is 12. The van der Waals surface area contributed by atoms with Crippen LogP contribution < -0.4 is 50.5 Å². The number of carbonyl (C=O) groups is 1. The third kappa shape index (κ3) is 11.0. The first kappa shape index (κ1) is 50.6. The van der Waals surface area contributed by atoms with E-state index in [1.165, 1.54) is 30.3 Å². The Hall–Kier alpha value is -2.05. The predicted molar refractivity (Wildman–Crippen MR) is 192 cm³/mol. The molecular formula is C37H33Cl2F4IN2NaO11RuS. The second-order valence-corrected chi connectivity index (χ2v) is 19.2. The van der Waals surface area contributed by atoms with Crippen LogP contribution in [-0.2, 0) is 55.4 Å². The fraction of sp³-hybridized carbons (Fsp3) is 0.324. The van der Waals surface area contributed by atoms with Crippen molar-refractivity contribution in [3.8, 4) is 11.5 Å². The Bertz CT molecular complexity index is 2330. The van der Waals surface area contributed by atoms with Crippen LogP contribution in [0.1, 0.15) is 42.4 Å². The second kappa shape index (κ2) is 21.1. The minimum absolute atomic E-state index is 0. The molecular weight excluding hydrogens is 1080 g/mol. The first-order chi connectivity index (χ1) is 27.8. The molecule has 0 saturated carbocycles. The van der Waals surface area contributed by atoms with Gasteiger partial charge in [-0.2, -0.15) is 0 Å². The average Bonchev–Trinajstić information content (AvgIpc) is 3.18. The summed E-state index contributed by atoms with van der Waals surface area (Å²) >= 11 is 4.34. The van der Waals surface area contributed by atoms with Crippen molar-refractivity contribution in [1.29, 1.82) is 0 Å². The van der Waals surface area contributed by atoms with Crippen LogP contribution in [0.25, 0.3) is 0 Å². The van der Waals surface area contributed by atoms with Gasteiger partial charge in [0.25, 0.3) is 0 Å². The number of piperidine rings is 2. The van der Waals surface area contributed by atoms with Gasteiger partial charge in [-0.1, -0.05) is 35.3 Å². The number of hydrogen-bond donors (Lipinski definition) is 3. The molecule has 13 nitrogen and oxygen atoms in total. The van der Waals surface area contributed by atoms with Gasteiger partial charge in [-0.15, -0.1) is 0 Å². The van der Waals surface area contributed by atoms with Crippen LogP contribution in [0.3, 0.4) is 0 Å². The molecule has 4 atom stereocenters. The number of benzene rings is 4. The molecule has 4 aliphatic heterocycles. The molecule has 60 heavy (non-hydrogen) atoms. The van der Waals surface area contributed by atoms with Crippen molar-refractivity contribution in [3.05, 3.63) is 123 Å². The standard InChI is InChI=1S/C19H18ClF2NO.C18H14ClF2NO4S.HIO4.Na.2O.Ru/c20-13-4-2-12(3-5-13)10-19-8-1-9-23-16(19)11-24-18-15(22)7-6-14(21)17(18)19;19-10-1-3-11(4-2-10)27(24,25)18-8-7-15(23)22-14(18)9-26-17-13(21)6-5-12(20)16(17)18;2-1(3,4)5;;;;/h2-7,16,23H,1,8-11H2;1-6,14H,7-9H2,(H,22,23);2H;;;;/t16-,19+;14-,18+;;;;;/m00...../s1. The van der Waals surface area contributed by atoms with Crippen LogP contribution in [-0.4, -0.2) is 79.2 Å². The molecule has 1 radical (unpaired) electrons. The van der Waals surface area contributed by atoms with Crippen LogP contribution in [0.5, 0.6) is 11.5 Å². The molecule has 0 bridgehead atoms. The molecule has 2 fully saturated rings. The monoisotopic (exact) mass is 1110 g/mol. The van der Waals surface area contributed by atoms with Gasteiger partial charge in [-0.25, -0.2) is 26.0 Å². The molecule has 4 aliphatic rings. The molecule has 0 spiro atoms. The Morgan fingerprint density at radius 1 is 0.783 bits per heavy atom. The maximum atomic E-state index is 14.8. The third-order valence-electron chi connectivity index (χ3n) is 10.3. The summed E-state index contributed by atoms with van der Waals surface area (Å²) in [6, 6.07) is 16.0. The van der Waals surface area contributed by atoms with Crippen molar-refractivity contribution in [2.75, 3.05) is 19.8 Å². The quantitative estimate of drug-likeness (QED) is 0.134. The number of carbonyl (C=O) groups excluding carboxylic acids is 1. The fourth-order valence-corrected chi connectivity index (χ4v) is 10.5. The van der Waals surface area contributed by atoms with Crippen LogP contribution >= 0.6 is 23.2 Å². The van der Waals surface area contributed by atoms with Crippen LogP contribution in [0.2, 0.25) is 10.0 Å². The zero-order valence-electron chi connectivity index (χ0n) is 31.2. The number of sulfone groups is 1. The zero-order valence-corrected chi connectivity index (χ0v) is 39.4. The zero-order chi connectivity index (χ0) is 43.3. The SMILES string of the molecule is Fc1ccc(F)c2c1OC[C@@H]1NCCC[C@]21Cc1ccc(Cl)cc1.O=C1CC[C@]2(S(=O)(=O)c3ccc(Cl)cc3)c3c(F)ccc(F)c3OC[C@@H]2N1.[Na].[O-][I+3]([O-])([O-])O.[O]=[Ru]=[O]. The summed E-state index contributed by atoms with van der Waals surface area (Å²) in [6.07, 6.45) is 2.01. The Kier molecular flexibility index (Phi) is 17.8. The number of rotatable bonds is 4. The molecule has 23 heteroatoms. The van der Waals surface area contributed by atoms with Gasteiger partial charge in [0.2, 0.25) is 5.91 Å². The number of fused-ring (bicyclic) bond motifs is 6. The van der Waals surface area contributed by atoms with Crippen molar-refractivity contribution in [2.24, 2.45) is 0 Å². The topological polar surface area (TPSA) is 217 Å². The van der Waals surface area contributed by atoms with E-state index in [4.69, 9.17) is 53.6 Å². The normalized spacial score (nSPS) is 22.5. The third-order valence-corrected chi connectivity index (χ3v) is 13.4.